The number of halogens is 3. The molecule has 0 spiro atoms. The van der Waals surface area contributed by atoms with Crippen LogP contribution < -0.4 is 0 Å². The predicted octanol–water partition coefficient (Wildman–Crippen LogP) is 6.33. The first-order valence-electron chi connectivity index (χ1n) is 8.39. The zero-order valence-corrected chi connectivity index (χ0v) is 16.6. The molecule has 3 nitrogen and oxygen atoms in total. The van der Waals surface area contributed by atoms with Crippen molar-refractivity contribution in [1.29, 1.82) is 5.26 Å². The van der Waals surface area contributed by atoms with Gasteiger partial charge in [-0.2, -0.15) is 5.26 Å². The number of rotatable bonds is 4. The highest BCUT2D eigenvalue weighted by molar-refractivity contribution is 6.42. The van der Waals surface area contributed by atoms with Crippen LogP contribution in [-0.4, -0.2) is 10.4 Å². The Balaban J connectivity index is 2.06. The number of para-hydroxylation sites is 1. The zero-order chi connectivity index (χ0) is 20.4. The summed E-state index contributed by atoms with van der Waals surface area (Å²) in [7, 11) is 0. The molecule has 28 heavy (non-hydrogen) atoms. The molecule has 1 aromatic heterocycles. The van der Waals surface area contributed by atoms with E-state index in [1.165, 1.54) is 12.1 Å². The maximum Gasteiger partial charge on any atom is 0.205 e. The Morgan fingerprint density at radius 3 is 2.46 bits per heavy atom. The minimum atomic E-state index is -0.440. The van der Waals surface area contributed by atoms with E-state index in [-0.39, 0.29) is 5.57 Å². The number of aromatic nitrogens is 1. The highest BCUT2D eigenvalue weighted by Gasteiger charge is 2.21. The van der Waals surface area contributed by atoms with Crippen LogP contribution in [0, 0.1) is 31.0 Å². The summed E-state index contributed by atoms with van der Waals surface area (Å²) in [6.07, 6.45) is 1.46. The van der Waals surface area contributed by atoms with Crippen LogP contribution in [0.15, 0.2) is 54.1 Å². The Morgan fingerprint density at radius 1 is 1.11 bits per heavy atom. The number of Topliss-reactive ketones (excluding diaryl/α,β-unsaturated/α-hetero) is 1. The topological polar surface area (TPSA) is 45.8 Å². The highest BCUT2D eigenvalue weighted by Crippen LogP contribution is 2.27. The van der Waals surface area contributed by atoms with Crippen molar-refractivity contribution >= 4 is 35.1 Å². The fourth-order valence-electron chi connectivity index (χ4n) is 3.06. The normalized spacial score (nSPS) is 11.4. The number of hydrogen-bond donors (Lipinski definition) is 0. The Morgan fingerprint density at radius 2 is 1.82 bits per heavy atom. The van der Waals surface area contributed by atoms with Gasteiger partial charge in [0.1, 0.15) is 17.5 Å². The summed E-state index contributed by atoms with van der Waals surface area (Å²) in [5, 5.41) is 10.2. The van der Waals surface area contributed by atoms with Gasteiger partial charge in [0, 0.05) is 17.0 Å². The van der Waals surface area contributed by atoms with Crippen LogP contribution in [-0.2, 0) is 0 Å². The Bertz CT molecular complexity index is 1160. The molecule has 0 bridgehead atoms. The number of benzene rings is 2. The van der Waals surface area contributed by atoms with Gasteiger partial charge in [0.2, 0.25) is 5.78 Å². The van der Waals surface area contributed by atoms with Gasteiger partial charge in [0.15, 0.2) is 0 Å². The lowest BCUT2D eigenvalue weighted by Crippen LogP contribution is -2.06. The number of hydrogen-bond acceptors (Lipinski definition) is 2. The molecular formula is C22H15Cl2FN2O. The Kier molecular flexibility index (Phi) is 5.69. The maximum atomic E-state index is 14.2. The van der Waals surface area contributed by atoms with Gasteiger partial charge in [0.25, 0.3) is 0 Å². The first-order valence-corrected chi connectivity index (χ1v) is 9.14. The summed E-state index contributed by atoms with van der Waals surface area (Å²) in [4.78, 5) is 13.0. The Labute approximate surface area is 172 Å². The fraction of sp³-hybridized carbons (Fsp3) is 0.0909. The van der Waals surface area contributed by atoms with Gasteiger partial charge in [-0.25, -0.2) is 4.39 Å². The number of nitriles is 1. The minimum Gasteiger partial charge on any atom is -0.315 e. The SMILES string of the molecule is Cc1cc(C(=O)/C(C#N)=C/c2ccc(Cl)c(Cl)c2)c(C)n1-c1ccccc1F. The first kappa shape index (κ1) is 19.9. The van der Waals surface area contributed by atoms with Gasteiger partial charge >= 0.3 is 0 Å². The van der Waals surface area contributed by atoms with Gasteiger partial charge in [-0.05, 0) is 55.8 Å². The van der Waals surface area contributed by atoms with E-state index in [9.17, 15) is 14.4 Å². The summed E-state index contributed by atoms with van der Waals surface area (Å²) < 4.78 is 15.9. The van der Waals surface area contributed by atoms with Crippen molar-refractivity contribution in [3.8, 4) is 11.8 Å². The molecule has 1 heterocycles. The number of nitrogens with zero attached hydrogens (tertiary/aromatic N) is 2. The summed E-state index contributed by atoms with van der Waals surface area (Å²) in [5.74, 6) is -0.834. The van der Waals surface area contributed by atoms with Crippen molar-refractivity contribution in [3.05, 3.63) is 92.5 Å². The van der Waals surface area contributed by atoms with E-state index in [2.05, 4.69) is 0 Å². The molecule has 3 aromatic rings. The van der Waals surface area contributed by atoms with E-state index < -0.39 is 11.6 Å². The van der Waals surface area contributed by atoms with Crippen molar-refractivity contribution in [3.63, 3.8) is 0 Å². The third-order valence-electron chi connectivity index (χ3n) is 4.39. The molecule has 2 aromatic carbocycles. The average molecular weight is 413 g/mol. The van der Waals surface area contributed by atoms with E-state index >= 15 is 0 Å². The molecule has 0 fully saturated rings. The van der Waals surface area contributed by atoms with E-state index in [0.717, 1.165) is 0 Å². The molecule has 0 aliphatic carbocycles. The molecule has 0 N–H and O–H groups in total. The standard InChI is InChI=1S/C22H15Cl2FN2O/c1-13-9-17(14(2)27(13)21-6-4-3-5-20(21)25)22(28)16(12-26)10-15-7-8-18(23)19(24)11-15/h3-11H,1-2H3/b16-10+. The number of aryl methyl sites for hydroxylation is 1. The number of carbonyl (C=O) groups is 1. The molecule has 3 rings (SSSR count). The monoisotopic (exact) mass is 412 g/mol. The Hall–Kier alpha value is -2.87. The molecule has 0 aliphatic rings. The molecule has 0 saturated carbocycles. The second-order valence-electron chi connectivity index (χ2n) is 6.24. The van der Waals surface area contributed by atoms with Gasteiger partial charge in [-0.15, -0.1) is 0 Å². The zero-order valence-electron chi connectivity index (χ0n) is 15.1. The van der Waals surface area contributed by atoms with E-state index in [1.807, 2.05) is 6.07 Å². The lowest BCUT2D eigenvalue weighted by Gasteiger charge is -2.10. The number of carbonyl (C=O) groups excluding carboxylic acids is 1. The smallest absolute Gasteiger partial charge is 0.205 e. The molecular weight excluding hydrogens is 398 g/mol. The highest BCUT2D eigenvalue weighted by atomic mass is 35.5. The van der Waals surface area contributed by atoms with Gasteiger partial charge in [-0.1, -0.05) is 41.4 Å². The summed E-state index contributed by atoms with van der Waals surface area (Å²) in [6.45, 7) is 3.51. The minimum absolute atomic E-state index is 0.0489. The lowest BCUT2D eigenvalue weighted by molar-refractivity contribution is 0.103. The molecule has 0 amide bonds. The van der Waals surface area contributed by atoms with Gasteiger partial charge < -0.3 is 4.57 Å². The summed E-state index contributed by atoms with van der Waals surface area (Å²) in [5.41, 5.74) is 2.48. The van der Waals surface area contributed by atoms with E-state index in [1.54, 1.807) is 60.9 Å². The first-order chi connectivity index (χ1) is 13.3. The van der Waals surface area contributed by atoms with Gasteiger partial charge in [0.05, 0.1) is 15.7 Å². The maximum absolute atomic E-state index is 14.2. The van der Waals surface area contributed by atoms with Crippen molar-refractivity contribution < 1.29 is 9.18 Å². The third-order valence-corrected chi connectivity index (χ3v) is 5.13. The van der Waals surface area contributed by atoms with Gasteiger partial charge in [-0.3, -0.25) is 4.79 Å². The second kappa shape index (κ2) is 8.02. The van der Waals surface area contributed by atoms with Crippen molar-refractivity contribution in [2.75, 3.05) is 0 Å². The molecule has 0 atom stereocenters. The number of allylic oxidation sites excluding steroid dienone is 1. The van der Waals surface area contributed by atoms with Crippen molar-refractivity contribution in [1.82, 2.24) is 4.57 Å². The van der Waals surface area contributed by atoms with E-state index in [0.29, 0.717) is 38.2 Å². The van der Waals surface area contributed by atoms with Crippen LogP contribution in [0.3, 0.4) is 0 Å². The quantitative estimate of drug-likeness (QED) is 0.285. The number of ketones is 1. The summed E-state index contributed by atoms with van der Waals surface area (Å²) in [6, 6.07) is 14.8. The summed E-state index contributed by atoms with van der Waals surface area (Å²) >= 11 is 11.9. The van der Waals surface area contributed by atoms with Crippen LogP contribution in [0.5, 0.6) is 0 Å². The average Bonchev–Trinajstić information content (AvgIpc) is 2.97. The van der Waals surface area contributed by atoms with E-state index in [4.69, 9.17) is 23.2 Å². The molecule has 140 valence electrons. The molecule has 0 radical (unpaired) electrons. The predicted molar refractivity (Wildman–Crippen MR) is 110 cm³/mol. The molecule has 6 heteroatoms. The van der Waals surface area contributed by atoms with Crippen LogP contribution in [0.4, 0.5) is 4.39 Å². The van der Waals surface area contributed by atoms with Crippen LogP contribution >= 0.6 is 23.2 Å². The lowest BCUT2D eigenvalue weighted by atomic mass is 10.0. The molecule has 0 aliphatic heterocycles. The fourth-order valence-corrected chi connectivity index (χ4v) is 3.37. The van der Waals surface area contributed by atoms with Crippen LogP contribution in [0.2, 0.25) is 10.0 Å². The van der Waals surface area contributed by atoms with Crippen molar-refractivity contribution in [2.45, 2.75) is 13.8 Å². The third kappa shape index (κ3) is 3.73. The van der Waals surface area contributed by atoms with Crippen LogP contribution in [0.1, 0.15) is 27.3 Å². The van der Waals surface area contributed by atoms with Crippen LogP contribution in [0.25, 0.3) is 11.8 Å². The molecule has 0 saturated heterocycles. The van der Waals surface area contributed by atoms with Crippen molar-refractivity contribution in [2.24, 2.45) is 0 Å². The largest absolute Gasteiger partial charge is 0.315 e. The molecule has 0 unspecified atom stereocenters. The second-order valence-corrected chi connectivity index (χ2v) is 7.06.